The Balaban J connectivity index is 2.01. The standard InChI is InChI=1S/C13H23N3O3S/c1-3-6-16-9-13(15-10(16)2)20(18,19)14-8-11-4-5-12(17)7-11/h9,11-12,14,17H,3-8H2,1-2H3. The zero-order chi connectivity index (χ0) is 14.8. The number of sulfonamides is 1. The van der Waals surface area contributed by atoms with Crippen molar-refractivity contribution in [2.75, 3.05) is 6.54 Å². The molecule has 114 valence electrons. The summed E-state index contributed by atoms with van der Waals surface area (Å²) in [5, 5.41) is 9.54. The third kappa shape index (κ3) is 3.59. The average molecular weight is 301 g/mol. The molecule has 1 aromatic heterocycles. The van der Waals surface area contributed by atoms with Crippen LogP contribution in [0, 0.1) is 12.8 Å². The molecule has 7 heteroatoms. The third-order valence-corrected chi connectivity index (χ3v) is 5.06. The van der Waals surface area contributed by atoms with Gasteiger partial charge in [-0.2, -0.15) is 0 Å². The van der Waals surface area contributed by atoms with Crippen LogP contribution < -0.4 is 4.72 Å². The van der Waals surface area contributed by atoms with Gasteiger partial charge in [0.25, 0.3) is 10.0 Å². The van der Waals surface area contributed by atoms with E-state index >= 15 is 0 Å². The molecule has 0 amide bonds. The van der Waals surface area contributed by atoms with Crippen LogP contribution in [0.25, 0.3) is 0 Å². The van der Waals surface area contributed by atoms with E-state index in [1.807, 2.05) is 18.4 Å². The molecule has 0 spiro atoms. The maximum Gasteiger partial charge on any atom is 0.259 e. The minimum absolute atomic E-state index is 0.0852. The van der Waals surface area contributed by atoms with E-state index in [-0.39, 0.29) is 17.0 Å². The van der Waals surface area contributed by atoms with Crippen molar-refractivity contribution in [3.05, 3.63) is 12.0 Å². The Hall–Kier alpha value is -0.920. The fourth-order valence-electron chi connectivity index (χ4n) is 2.61. The quantitative estimate of drug-likeness (QED) is 0.822. The van der Waals surface area contributed by atoms with E-state index in [9.17, 15) is 13.5 Å². The highest BCUT2D eigenvalue weighted by atomic mass is 32.2. The number of nitrogens with one attached hydrogen (secondary N) is 1. The molecule has 1 aromatic rings. The van der Waals surface area contributed by atoms with E-state index < -0.39 is 10.0 Å². The number of aromatic nitrogens is 2. The molecule has 2 N–H and O–H groups in total. The molecule has 1 heterocycles. The van der Waals surface area contributed by atoms with Crippen molar-refractivity contribution in [3.8, 4) is 0 Å². The van der Waals surface area contributed by atoms with Gasteiger partial charge in [-0.05, 0) is 38.5 Å². The van der Waals surface area contributed by atoms with Crippen LogP contribution in [0.15, 0.2) is 11.2 Å². The maximum absolute atomic E-state index is 12.2. The van der Waals surface area contributed by atoms with Crippen LogP contribution >= 0.6 is 0 Å². The molecule has 1 saturated carbocycles. The van der Waals surface area contributed by atoms with Gasteiger partial charge in [0.1, 0.15) is 5.82 Å². The van der Waals surface area contributed by atoms with Crippen molar-refractivity contribution in [3.63, 3.8) is 0 Å². The smallest absolute Gasteiger partial charge is 0.259 e. The first kappa shape index (κ1) is 15.5. The third-order valence-electron chi connectivity index (χ3n) is 3.77. The van der Waals surface area contributed by atoms with Gasteiger partial charge in [0.2, 0.25) is 0 Å². The largest absolute Gasteiger partial charge is 0.393 e. The molecule has 20 heavy (non-hydrogen) atoms. The first-order valence-electron chi connectivity index (χ1n) is 7.14. The minimum atomic E-state index is -3.55. The zero-order valence-electron chi connectivity index (χ0n) is 12.0. The molecule has 0 aliphatic heterocycles. The predicted octanol–water partition coefficient (Wildman–Crippen LogP) is 1.04. The van der Waals surface area contributed by atoms with Gasteiger partial charge >= 0.3 is 0 Å². The molecule has 1 fully saturated rings. The van der Waals surface area contributed by atoms with E-state index in [2.05, 4.69) is 9.71 Å². The Labute approximate surface area is 120 Å². The summed E-state index contributed by atoms with van der Waals surface area (Å²) in [6.45, 7) is 4.99. The van der Waals surface area contributed by atoms with E-state index in [1.54, 1.807) is 6.20 Å². The van der Waals surface area contributed by atoms with Crippen LogP contribution in [0.3, 0.4) is 0 Å². The lowest BCUT2D eigenvalue weighted by molar-refractivity contribution is 0.178. The fraction of sp³-hybridized carbons (Fsp3) is 0.769. The molecule has 1 aliphatic rings. The minimum Gasteiger partial charge on any atom is -0.393 e. The number of rotatable bonds is 6. The SMILES string of the molecule is CCCn1cc(S(=O)(=O)NCC2CCC(O)C2)nc1C. The van der Waals surface area contributed by atoms with Crippen molar-refractivity contribution in [1.82, 2.24) is 14.3 Å². The molecular formula is C13H23N3O3S. The van der Waals surface area contributed by atoms with Crippen LogP contribution in [0.4, 0.5) is 0 Å². The van der Waals surface area contributed by atoms with Gasteiger partial charge in [0.05, 0.1) is 6.10 Å². The van der Waals surface area contributed by atoms with Gasteiger partial charge in [0, 0.05) is 19.3 Å². The molecule has 2 rings (SSSR count). The number of hydrogen-bond donors (Lipinski definition) is 2. The topological polar surface area (TPSA) is 84.2 Å². The van der Waals surface area contributed by atoms with Crippen molar-refractivity contribution in [2.45, 2.75) is 57.2 Å². The Morgan fingerprint density at radius 2 is 2.25 bits per heavy atom. The highest BCUT2D eigenvalue weighted by molar-refractivity contribution is 7.89. The maximum atomic E-state index is 12.2. The van der Waals surface area contributed by atoms with E-state index in [0.29, 0.717) is 18.8 Å². The lowest BCUT2D eigenvalue weighted by atomic mass is 10.1. The Bertz CT molecular complexity index is 553. The van der Waals surface area contributed by atoms with Gasteiger partial charge < -0.3 is 9.67 Å². The van der Waals surface area contributed by atoms with E-state index in [1.165, 1.54) is 0 Å². The van der Waals surface area contributed by atoms with E-state index in [4.69, 9.17) is 0 Å². The molecular weight excluding hydrogens is 278 g/mol. The van der Waals surface area contributed by atoms with Crippen LogP contribution in [-0.4, -0.2) is 35.7 Å². The van der Waals surface area contributed by atoms with Crippen molar-refractivity contribution < 1.29 is 13.5 Å². The van der Waals surface area contributed by atoms with Crippen LogP contribution in [0.2, 0.25) is 0 Å². The highest BCUT2D eigenvalue weighted by Gasteiger charge is 2.25. The van der Waals surface area contributed by atoms with Crippen LogP contribution in [-0.2, 0) is 16.6 Å². The molecule has 0 bridgehead atoms. The van der Waals surface area contributed by atoms with Crippen molar-refractivity contribution in [2.24, 2.45) is 5.92 Å². The Kier molecular flexibility index (Phi) is 4.82. The molecule has 0 saturated heterocycles. The fourth-order valence-corrected chi connectivity index (χ4v) is 3.73. The number of hydrogen-bond acceptors (Lipinski definition) is 4. The lowest BCUT2D eigenvalue weighted by Crippen LogP contribution is -2.29. The number of aryl methyl sites for hydroxylation is 2. The van der Waals surface area contributed by atoms with Gasteiger partial charge in [-0.25, -0.2) is 18.1 Å². The summed E-state index contributed by atoms with van der Waals surface area (Å²) in [5.41, 5.74) is 0. The van der Waals surface area contributed by atoms with E-state index in [0.717, 1.165) is 25.8 Å². The van der Waals surface area contributed by atoms with Gasteiger partial charge in [-0.15, -0.1) is 0 Å². The molecule has 6 nitrogen and oxygen atoms in total. The number of aliphatic hydroxyl groups is 1. The normalized spacial score (nSPS) is 23.4. The number of aliphatic hydroxyl groups excluding tert-OH is 1. The summed E-state index contributed by atoms with van der Waals surface area (Å²) in [4.78, 5) is 4.12. The summed E-state index contributed by atoms with van der Waals surface area (Å²) >= 11 is 0. The van der Waals surface area contributed by atoms with Gasteiger partial charge in [-0.3, -0.25) is 0 Å². The molecule has 1 aliphatic carbocycles. The Morgan fingerprint density at radius 1 is 1.50 bits per heavy atom. The summed E-state index contributed by atoms with van der Waals surface area (Å²) in [6.07, 6.45) is 4.54. The molecule has 2 atom stereocenters. The molecule has 0 aromatic carbocycles. The zero-order valence-corrected chi connectivity index (χ0v) is 12.9. The number of imidazole rings is 1. The first-order chi connectivity index (χ1) is 9.42. The number of nitrogens with zero attached hydrogens (tertiary/aromatic N) is 2. The second-order valence-electron chi connectivity index (χ2n) is 5.50. The van der Waals surface area contributed by atoms with Gasteiger partial charge in [-0.1, -0.05) is 6.92 Å². The van der Waals surface area contributed by atoms with Crippen molar-refractivity contribution >= 4 is 10.0 Å². The second kappa shape index (κ2) is 6.24. The first-order valence-corrected chi connectivity index (χ1v) is 8.62. The van der Waals surface area contributed by atoms with Crippen LogP contribution in [0.5, 0.6) is 0 Å². The molecule has 0 radical (unpaired) electrons. The summed E-state index contributed by atoms with van der Waals surface area (Å²) in [5.74, 6) is 0.933. The monoisotopic (exact) mass is 301 g/mol. The second-order valence-corrected chi connectivity index (χ2v) is 7.22. The summed E-state index contributed by atoms with van der Waals surface area (Å²) < 4.78 is 28.8. The summed E-state index contributed by atoms with van der Waals surface area (Å²) in [7, 11) is -3.55. The summed E-state index contributed by atoms with van der Waals surface area (Å²) in [6, 6.07) is 0. The Morgan fingerprint density at radius 3 is 2.85 bits per heavy atom. The van der Waals surface area contributed by atoms with Crippen LogP contribution in [0.1, 0.15) is 38.4 Å². The van der Waals surface area contributed by atoms with Crippen molar-refractivity contribution in [1.29, 1.82) is 0 Å². The predicted molar refractivity (Wildman–Crippen MR) is 75.8 cm³/mol. The molecule has 2 unspecified atom stereocenters. The highest BCUT2D eigenvalue weighted by Crippen LogP contribution is 2.25. The van der Waals surface area contributed by atoms with Gasteiger partial charge in [0.15, 0.2) is 5.03 Å². The average Bonchev–Trinajstić information content (AvgIpc) is 2.95. The lowest BCUT2D eigenvalue weighted by Gasteiger charge is -2.10.